The van der Waals surface area contributed by atoms with Crippen LogP contribution in [0.1, 0.15) is 5.56 Å². The quantitative estimate of drug-likeness (QED) is 0.684. The highest BCUT2D eigenvalue weighted by molar-refractivity contribution is 6.01. The van der Waals surface area contributed by atoms with Crippen LogP contribution in [0.4, 0.5) is 11.6 Å². The second-order valence-corrected chi connectivity index (χ2v) is 4.29. The maximum absolute atomic E-state index is 5.87. The van der Waals surface area contributed by atoms with Gasteiger partial charge < -0.3 is 15.9 Å². The number of benzene rings is 1. The fraction of sp³-hybridized carbons (Fsp3) is 0.0714. The second kappa shape index (κ2) is 3.77. The van der Waals surface area contributed by atoms with Crippen LogP contribution in [0.2, 0.25) is 0 Å². The van der Waals surface area contributed by atoms with Gasteiger partial charge in [-0.3, -0.25) is 4.98 Å². The molecule has 0 saturated carbocycles. The van der Waals surface area contributed by atoms with Crippen molar-refractivity contribution in [2.24, 2.45) is 0 Å². The normalized spacial score (nSPS) is 10.9. The molecule has 3 aromatic rings. The Labute approximate surface area is 104 Å². The van der Waals surface area contributed by atoms with Crippen LogP contribution in [-0.2, 0) is 0 Å². The van der Waals surface area contributed by atoms with Crippen LogP contribution in [0.3, 0.4) is 0 Å². The molecule has 4 heteroatoms. The minimum absolute atomic E-state index is 0.243. The molecule has 4 nitrogen and oxygen atoms in total. The first-order valence-corrected chi connectivity index (χ1v) is 5.66. The van der Waals surface area contributed by atoms with Crippen LogP contribution in [0.25, 0.3) is 22.2 Å². The predicted molar refractivity (Wildman–Crippen MR) is 73.0 cm³/mol. The van der Waals surface area contributed by atoms with E-state index in [1.807, 2.05) is 31.2 Å². The fourth-order valence-corrected chi connectivity index (χ4v) is 2.06. The molecule has 0 bridgehead atoms. The van der Waals surface area contributed by atoms with Gasteiger partial charge in [0.2, 0.25) is 5.88 Å². The summed E-state index contributed by atoms with van der Waals surface area (Å²) in [6, 6.07) is 9.87. The summed E-state index contributed by atoms with van der Waals surface area (Å²) >= 11 is 0. The Morgan fingerprint density at radius 2 is 2.00 bits per heavy atom. The number of nitrogens with two attached hydrogens (primary N) is 2. The number of anilines is 2. The van der Waals surface area contributed by atoms with Crippen LogP contribution >= 0.6 is 0 Å². The Balaban J connectivity index is 2.33. The first-order valence-electron chi connectivity index (χ1n) is 5.66. The number of furan rings is 1. The van der Waals surface area contributed by atoms with Gasteiger partial charge >= 0.3 is 0 Å². The number of aromatic nitrogens is 1. The molecule has 3 rings (SSSR count). The molecule has 0 fully saturated rings. The van der Waals surface area contributed by atoms with E-state index in [1.54, 1.807) is 6.20 Å². The van der Waals surface area contributed by atoms with Gasteiger partial charge in [0.1, 0.15) is 11.4 Å². The van der Waals surface area contributed by atoms with Crippen LogP contribution in [0.5, 0.6) is 0 Å². The molecule has 0 amide bonds. The average Bonchev–Trinajstić information content (AvgIpc) is 2.65. The Morgan fingerprint density at radius 3 is 2.78 bits per heavy atom. The van der Waals surface area contributed by atoms with Gasteiger partial charge in [0.15, 0.2) is 5.58 Å². The Hall–Kier alpha value is -2.49. The Kier molecular flexibility index (Phi) is 2.23. The molecule has 2 heterocycles. The van der Waals surface area contributed by atoms with Crippen LogP contribution in [0.15, 0.2) is 40.9 Å². The van der Waals surface area contributed by atoms with E-state index in [4.69, 9.17) is 15.9 Å². The third kappa shape index (κ3) is 1.50. The summed E-state index contributed by atoms with van der Waals surface area (Å²) in [5.74, 6) is 0.243. The molecule has 2 aromatic heterocycles. The van der Waals surface area contributed by atoms with Gasteiger partial charge in [0.25, 0.3) is 0 Å². The first kappa shape index (κ1) is 10.7. The monoisotopic (exact) mass is 239 g/mol. The molecule has 0 aliphatic heterocycles. The standard InChI is InChI=1S/C14H13N3O/c1-8-3-2-4-9(7-8)12-13-10(5-6-17-12)11(15)14(16)18-13/h2-7H,15-16H2,1H3. The minimum Gasteiger partial charge on any atom is -0.436 e. The van der Waals surface area contributed by atoms with Crippen molar-refractivity contribution in [3.63, 3.8) is 0 Å². The van der Waals surface area contributed by atoms with E-state index in [-0.39, 0.29) is 5.88 Å². The summed E-state index contributed by atoms with van der Waals surface area (Å²) < 4.78 is 5.51. The van der Waals surface area contributed by atoms with Crippen LogP contribution in [-0.4, -0.2) is 4.98 Å². The van der Waals surface area contributed by atoms with Crippen molar-refractivity contribution in [2.45, 2.75) is 6.92 Å². The van der Waals surface area contributed by atoms with Crippen molar-refractivity contribution >= 4 is 22.5 Å². The number of aryl methyl sites for hydroxylation is 1. The number of pyridine rings is 1. The van der Waals surface area contributed by atoms with Crippen molar-refractivity contribution in [2.75, 3.05) is 11.5 Å². The highest BCUT2D eigenvalue weighted by Gasteiger charge is 2.14. The fourth-order valence-electron chi connectivity index (χ4n) is 2.06. The largest absolute Gasteiger partial charge is 0.436 e. The summed E-state index contributed by atoms with van der Waals surface area (Å²) in [5, 5.41) is 0.805. The molecule has 0 aliphatic carbocycles. The molecule has 0 radical (unpaired) electrons. The zero-order valence-electron chi connectivity index (χ0n) is 9.97. The highest BCUT2D eigenvalue weighted by atomic mass is 16.3. The first-order chi connectivity index (χ1) is 8.66. The number of fused-ring (bicyclic) bond motifs is 1. The maximum atomic E-state index is 5.87. The van der Waals surface area contributed by atoms with Crippen molar-refractivity contribution in [1.29, 1.82) is 0 Å². The molecule has 90 valence electrons. The number of hydrogen-bond acceptors (Lipinski definition) is 4. The topological polar surface area (TPSA) is 78.1 Å². The minimum atomic E-state index is 0.243. The van der Waals surface area contributed by atoms with Gasteiger partial charge in [-0.15, -0.1) is 0 Å². The Bertz CT molecular complexity index is 731. The summed E-state index contributed by atoms with van der Waals surface area (Å²) in [6.07, 6.45) is 1.71. The van der Waals surface area contributed by atoms with E-state index in [0.717, 1.165) is 16.6 Å². The van der Waals surface area contributed by atoms with Crippen LogP contribution < -0.4 is 11.5 Å². The molecule has 4 N–H and O–H groups in total. The zero-order chi connectivity index (χ0) is 12.7. The predicted octanol–water partition coefficient (Wildman–Crippen LogP) is 2.97. The van der Waals surface area contributed by atoms with Gasteiger partial charge in [-0.2, -0.15) is 0 Å². The summed E-state index contributed by atoms with van der Waals surface area (Å²) in [5.41, 5.74) is 15.6. The Morgan fingerprint density at radius 1 is 1.17 bits per heavy atom. The molecule has 18 heavy (non-hydrogen) atoms. The van der Waals surface area contributed by atoms with Gasteiger partial charge in [0.05, 0.1) is 0 Å². The molecule has 0 spiro atoms. The number of nitrogen functional groups attached to an aromatic ring is 2. The van der Waals surface area contributed by atoms with E-state index in [2.05, 4.69) is 11.1 Å². The highest BCUT2D eigenvalue weighted by Crippen LogP contribution is 2.35. The smallest absolute Gasteiger partial charge is 0.214 e. The van der Waals surface area contributed by atoms with Gasteiger partial charge in [0, 0.05) is 17.1 Å². The van der Waals surface area contributed by atoms with Gasteiger partial charge in [-0.05, 0) is 19.1 Å². The lowest BCUT2D eigenvalue weighted by Gasteiger charge is -2.02. The number of rotatable bonds is 1. The van der Waals surface area contributed by atoms with E-state index >= 15 is 0 Å². The van der Waals surface area contributed by atoms with Crippen molar-refractivity contribution < 1.29 is 4.42 Å². The van der Waals surface area contributed by atoms with Crippen LogP contribution in [0, 0.1) is 6.92 Å². The molecule has 0 saturated heterocycles. The van der Waals surface area contributed by atoms with E-state index < -0.39 is 0 Å². The molecular weight excluding hydrogens is 226 g/mol. The van der Waals surface area contributed by atoms with Crippen molar-refractivity contribution in [3.05, 3.63) is 42.1 Å². The van der Waals surface area contributed by atoms with E-state index in [9.17, 15) is 0 Å². The van der Waals surface area contributed by atoms with Crippen molar-refractivity contribution in [3.8, 4) is 11.3 Å². The van der Waals surface area contributed by atoms with Gasteiger partial charge in [-0.1, -0.05) is 23.8 Å². The van der Waals surface area contributed by atoms with E-state index in [0.29, 0.717) is 11.3 Å². The molecule has 0 atom stereocenters. The third-order valence-electron chi connectivity index (χ3n) is 2.96. The molecular formula is C14H13N3O. The molecule has 1 aromatic carbocycles. The molecule has 0 unspecified atom stereocenters. The zero-order valence-corrected chi connectivity index (χ0v) is 9.97. The summed E-state index contributed by atoms with van der Waals surface area (Å²) in [6.45, 7) is 2.04. The molecule has 0 aliphatic rings. The SMILES string of the molecule is Cc1cccc(-c2nccc3c(N)c(N)oc23)c1. The van der Waals surface area contributed by atoms with Gasteiger partial charge in [-0.25, -0.2) is 0 Å². The lowest BCUT2D eigenvalue weighted by molar-refractivity contribution is 0.638. The van der Waals surface area contributed by atoms with Crippen molar-refractivity contribution in [1.82, 2.24) is 4.98 Å². The lowest BCUT2D eigenvalue weighted by atomic mass is 10.1. The maximum Gasteiger partial charge on any atom is 0.214 e. The summed E-state index contributed by atoms with van der Waals surface area (Å²) in [7, 11) is 0. The lowest BCUT2D eigenvalue weighted by Crippen LogP contribution is -1.89. The van der Waals surface area contributed by atoms with E-state index in [1.165, 1.54) is 5.56 Å². The second-order valence-electron chi connectivity index (χ2n) is 4.29. The third-order valence-corrected chi connectivity index (χ3v) is 2.96. The average molecular weight is 239 g/mol. The number of nitrogens with zero attached hydrogens (tertiary/aromatic N) is 1. The summed E-state index contributed by atoms with van der Waals surface area (Å²) in [4.78, 5) is 4.37. The number of hydrogen-bond donors (Lipinski definition) is 2.